The summed E-state index contributed by atoms with van der Waals surface area (Å²) in [6, 6.07) is 13.1. The zero-order valence-electron chi connectivity index (χ0n) is 13.9. The van der Waals surface area contributed by atoms with Gasteiger partial charge < -0.3 is 9.84 Å². The molecule has 0 saturated carbocycles. The van der Waals surface area contributed by atoms with Crippen LogP contribution in [0.1, 0.15) is 18.1 Å². The third kappa shape index (κ3) is 4.11. The molecule has 1 aliphatic rings. The van der Waals surface area contributed by atoms with Gasteiger partial charge in [0.05, 0.1) is 18.1 Å². The lowest BCUT2D eigenvalue weighted by Crippen LogP contribution is -2.27. The molecular weight excluding hydrogens is 434 g/mol. The number of hydrogen-bond acceptors (Lipinski definition) is 5. The van der Waals surface area contributed by atoms with Crippen LogP contribution in [0.5, 0.6) is 11.5 Å². The van der Waals surface area contributed by atoms with E-state index in [-0.39, 0.29) is 11.7 Å². The number of phenolic OH excluding ortho intramolecular Hbond substituents is 1. The summed E-state index contributed by atoms with van der Waals surface area (Å²) in [5.41, 5.74) is 1.51. The molecule has 1 fully saturated rings. The maximum Gasteiger partial charge on any atom is 0.266 e. The highest BCUT2D eigenvalue weighted by Gasteiger charge is 2.32. The normalized spacial score (nSPS) is 15.8. The van der Waals surface area contributed by atoms with Gasteiger partial charge in [-0.2, -0.15) is 0 Å². The van der Waals surface area contributed by atoms with E-state index >= 15 is 0 Å². The molecule has 1 amide bonds. The highest BCUT2D eigenvalue weighted by molar-refractivity contribution is 9.10. The molecule has 0 aliphatic carbocycles. The third-order valence-corrected chi connectivity index (χ3v) is 5.55. The van der Waals surface area contributed by atoms with Crippen molar-refractivity contribution in [1.29, 1.82) is 0 Å². The maximum absolute atomic E-state index is 12.8. The van der Waals surface area contributed by atoms with Gasteiger partial charge in [-0.1, -0.05) is 70.2 Å². The highest BCUT2D eigenvalue weighted by atomic mass is 79.9. The molecule has 1 aliphatic heterocycles. The van der Waals surface area contributed by atoms with Gasteiger partial charge in [0, 0.05) is 10.0 Å². The van der Waals surface area contributed by atoms with Crippen LogP contribution in [0.2, 0.25) is 0 Å². The van der Waals surface area contributed by atoms with E-state index in [0.29, 0.717) is 33.7 Å². The lowest BCUT2D eigenvalue weighted by molar-refractivity contribution is -0.122. The molecule has 3 rings (SSSR count). The summed E-state index contributed by atoms with van der Waals surface area (Å²) in [5.74, 6) is 0.206. The van der Waals surface area contributed by atoms with E-state index in [1.54, 1.807) is 23.1 Å². The molecule has 0 aromatic heterocycles. The molecule has 1 N–H and O–H groups in total. The van der Waals surface area contributed by atoms with Gasteiger partial charge in [-0.15, -0.1) is 0 Å². The van der Waals surface area contributed by atoms with Gasteiger partial charge >= 0.3 is 0 Å². The number of phenols is 1. The lowest BCUT2D eigenvalue weighted by Gasteiger charge is -2.14. The summed E-state index contributed by atoms with van der Waals surface area (Å²) in [6.45, 7) is 2.70. The maximum atomic E-state index is 12.8. The van der Waals surface area contributed by atoms with Crippen LogP contribution in [-0.4, -0.2) is 26.8 Å². The number of thioether (sulfide) groups is 1. The number of halogens is 1. The standard InChI is InChI=1S/C19H16BrNO3S2/c1-2-24-15-10-14(20)8-13(17(15)22)9-16-18(23)21(19(25)26-16)11-12-6-4-3-5-7-12/h3-10,22H,2,11H2,1H3/b16-9+. The van der Waals surface area contributed by atoms with Crippen molar-refractivity contribution in [3.63, 3.8) is 0 Å². The molecule has 1 saturated heterocycles. The molecule has 0 atom stereocenters. The zero-order valence-corrected chi connectivity index (χ0v) is 17.2. The summed E-state index contributed by atoms with van der Waals surface area (Å²) in [5, 5.41) is 10.4. The summed E-state index contributed by atoms with van der Waals surface area (Å²) < 4.78 is 6.69. The van der Waals surface area contributed by atoms with Gasteiger partial charge in [0.25, 0.3) is 5.91 Å². The SMILES string of the molecule is CCOc1cc(Br)cc(/C=C2/SC(=S)N(Cc3ccccc3)C2=O)c1O. The van der Waals surface area contributed by atoms with Crippen molar-refractivity contribution in [1.82, 2.24) is 4.90 Å². The summed E-state index contributed by atoms with van der Waals surface area (Å²) in [7, 11) is 0. The van der Waals surface area contributed by atoms with Gasteiger partial charge in [-0.05, 0) is 30.7 Å². The summed E-state index contributed by atoms with van der Waals surface area (Å²) >= 11 is 10.00. The Kier molecular flexibility index (Phi) is 6.01. The second-order valence-electron chi connectivity index (χ2n) is 5.53. The van der Waals surface area contributed by atoms with Crippen molar-refractivity contribution >= 4 is 56.2 Å². The average molecular weight is 450 g/mol. The molecule has 134 valence electrons. The first-order valence-electron chi connectivity index (χ1n) is 7.94. The van der Waals surface area contributed by atoms with Crippen LogP contribution in [-0.2, 0) is 11.3 Å². The predicted octanol–water partition coefficient (Wildman–Crippen LogP) is 4.95. The van der Waals surface area contributed by atoms with E-state index in [9.17, 15) is 9.90 Å². The number of carbonyl (C=O) groups is 1. The Morgan fingerprint density at radius 1 is 1.31 bits per heavy atom. The van der Waals surface area contributed by atoms with E-state index in [4.69, 9.17) is 17.0 Å². The second kappa shape index (κ2) is 8.24. The third-order valence-electron chi connectivity index (χ3n) is 3.71. The number of carbonyl (C=O) groups excluding carboxylic acids is 1. The van der Waals surface area contributed by atoms with Crippen LogP contribution < -0.4 is 4.74 Å². The summed E-state index contributed by atoms with van der Waals surface area (Å²) in [6.07, 6.45) is 1.65. The lowest BCUT2D eigenvalue weighted by atomic mass is 10.1. The van der Waals surface area contributed by atoms with Crippen molar-refractivity contribution in [2.24, 2.45) is 0 Å². The Hall–Kier alpha value is -1.83. The van der Waals surface area contributed by atoms with Crippen LogP contribution in [0.15, 0.2) is 51.8 Å². The number of thiocarbonyl (C=S) groups is 1. The molecule has 7 heteroatoms. The minimum atomic E-state index is -0.166. The Balaban J connectivity index is 1.88. The first-order chi connectivity index (χ1) is 12.5. The fraction of sp³-hybridized carbons (Fsp3) is 0.158. The van der Waals surface area contributed by atoms with Gasteiger partial charge in [-0.25, -0.2) is 0 Å². The number of benzene rings is 2. The van der Waals surface area contributed by atoms with E-state index in [2.05, 4.69) is 15.9 Å². The largest absolute Gasteiger partial charge is 0.504 e. The van der Waals surface area contributed by atoms with Crippen LogP contribution >= 0.6 is 39.9 Å². The molecule has 0 spiro atoms. The fourth-order valence-corrected chi connectivity index (χ4v) is 4.21. The van der Waals surface area contributed by atoms with Crippen LogP contribution in [0.4, 0.5) is 0 Å². The van der Waals surface area contributed by atoms with E-state index < -0.39 is 0 Å². The van der Waals surface area contributed by atoms with Gasteiger partial charge in [0.2, 0.25) is 0 Å². The quantitative estimate of drug-likeness (QED) is 0.516. The Morgan fingerprint density at radius 3 is 2.73 bits per heavy atom. The Bertz CT molecular complexity index is 884. The molecular formula is C19H16BrNO3S2. The van der Waals surface area contributed by atoms with Crippen molar-refractivity contribution in [3.05, 3.63) is 63.0 Å². The Labute approximate surface area is 170 Å². The van der Waals surface area contributed by atoms with Gasteiger partial charge in [-0.3, -0.25) is 9.69 Å². The summed E-state index contributed by atoms with van der Waals surface area (Å²) in [4.78, 5) is 14.8. The Morgan fingerprint density at radius 2 is 2.04 bits per heavy atom. The highest BCUT2D eigenvalue weighted by Crippen LogP contribution is 2.39. The van der Waals surface area contributed by atoms with Crippen molar-refractivity contribution in [2.75, 3.05) is 6.61 Å². The minimum absolute atomic E-state index is 0.00313. The first kappa shape index (κ1) is 18.9. The van der Waals surface area contributed by atoms with Crippen LogP contribution in [0.25, 0.3) is 6.08 Å². The molecule has 0 radical (unpaired) electrons. The smallest absolute Gasteiger partial charge is 0.266 e. The van der Waals surface area contributed by atoms with E-state index in [1.807, 2.05) is 37.3 Å². The molecule has 0 bridgehead atoms. The molecule has 0 unspecified atom stereocenters. The number of aromatic hydroxyl groups is 1. The predicted molar refractivity (Wildman–Crippen MR) is 112 cm³/mol. The number of ether oxygens (including phenoxy) is 1. The van der Waals surface area contributed by atoms with E-state index in [0.717, 1.165) is 10.0 Å². The molecule has 1 heterocycles. The number of nitrogens with zero attached hydrogens (tertiary/aromatic N) is 1. The topological polar surface area (TPSA) is 49.8 Å². The molecule has 4 nitrogen and oxygen atoms in total. The number of amides is 1. The van der Waals surface area contributed by atoms with Crippen LogP contribution in [0, 0.1) is 0 Å². The second-order valence-corrected chi connectivity index (χ2v) is 8.12. The molecule has 2 aromatic carbocycles. The minimum Gasteiger partial charge on any atom is -0.504 e. The van der Waals surface area contributed by atoms with E-state index in [1.165, 1.54) is 11.8 Å². The van der Waals surface area contributed by atoms with Crippen molar-refractivity contribution < 1.29 is 14.6 Å². The van der Waals surface area contributed by atoms with Gasteiger partial charge in [0.1, 0.15) is 4.32 Å². The monoisotopic (exact) mass is 449 g/mol. The molecule has 2 aromatic rings. The average Bonchev–Trinajstić information content (AvgIpc) is 2.87. The molecule has 26 heavy (non-hydrogen) atoms. The van der Waals surface area contributed by atoms with Crippen LogP contribution in [0.3, 0.4) is 0 Å². The zero-order chi connectivity index (χ0) is 18.7. The first-order valence-corrected chi connectivity index (χ1v) is 9.96. The number of hydrogen-bond donors (Lipinski definition) is 1. The van der Waals surface area contributed by atoms with Crippen molar-refractivity contribution in [3.8, 4) is 11.5 Å². The van der Waals surface area contributed by atoms with Crippen molar-refractivity contribution in [2.45, 2.75) is 13.5 Å². The number of rotatable bonds is 5. The van der Waals surface area contributed by atoms with Gasteiger partial charge in [0.15, 0.2) is 11.5 Å². The fourth-order valence-electron chi connectivity index (χ4n) is 2.51.